The molecule has 1 aromatic heterocycles. The van der Waals surface area contributed by atoms with Gasteiger partial charge in [-0.15, -0.1) is 5.10 Å². The van der Waals surface area contributed by atoms with E-state index in [1.54, 1.807) is 23.6 Å². The van der Waals surface area contributed by atoms with Gasteiger partial charge in [0.05, 0.1) is 12.7 Å². The van der Waals surface area contributed by atoms with Gasteiger partial charge in [0, 0.05) is 11.4 Å². The minimum atomic E-state index is -0.435. The van der Waals surface area contributed by atoms with E-state index in [9.17, 15) is 4.79 Å². The summed E-state index contributed by atoms with van der Waals surface area (Å²) < 4.78 is 7.21. The van der Waals surface area contributed by atoms with Crippen LogP contribution in [0.3, 0.4) is 0 Å². The fourth-order valence-corrected chi connectivity index (χ4v) is 4.21. The lowest BCUT2D eigenvalue weighted by atomic mass is 9.95. The topological polar surface area (TPSA) is 81.1 Å². The highest BCUT2D eigenvalue weighted by Gasteiger charge is 2.34. The summed E-state index contributed by atoms with van der Waals surface area (Å²) in [6, 6.07) is 15.0. The summed E-state index contributed by atoms with van der Waals surface area (Å²) in [6.07, 6.45) is 0. The van der Waals surface area contributed by atoms with Crippen molar-refractivity contribution in [2.45, 2.75) is 32.0 Å². The van der Waals surface area contributed by atoms with Crippen LogP contribution in [0.5, 0.6) is 5.75 Å². The summed E-state index contributed by atoms with van der Waals surface area (Å²) in [5.41, 5.74) is 4.05. The first-order valence-corrected chi connectivity index (χ1v) is 11.1. The molecule has 2 aromatic carbocycles. The number of aryl methyl sites for hydroxylation is 1. The normalized spacial score (nSPS) is 15.3. The smallest absolute Gasteiger partial charge is 0.255 e. The van der Waals surface area contributed by atoms with Crippen molar-refractivity contribution in [2.24, 2.45) is 0 Å². The van der Waals surface area contributed by atoms with E-state index in [-0.39, 0.29) is 5.91 Å². The molecule has 160 valence electrons. The molecule has 0 aliphatic carbocycles. The van der Waals surface area contributed by atoms with Gasteiger partial charge >= 0.3 is 0 Å². The number of anilines is 2. The summed E-state index contributed by atoms with van der Waals surface area (Å²) >= 11 is 1.56. The highest BCUT2D eigenvalue weighted by molar-refractivity contribution is 7.99. The molecule has 0 fully saturated rings. The zero-order chi connectivity index (χ0) is 22.0. The monoisotopic (exact) mass is 435 g/mol. The summed E-state index contributed by atoms with van der Waals surface area (Å²) in [5, 5.41) is 11.7. The number of ether oxygens (including phenoxy) is 1. The number of thioether (sulfide) groups is 1. The minimum Gasteiger partial charge on any atom is -0.497 e. The summed E-state index contributed by atoms with van der Waals surface area (Å²) in [7, 11) is 1.63. The maximum atomic E-state index is 13.5. The number of hydrogen-bond donors (Lipinski definition) is 2. The second-order valence-electron chi connectivity index (χ2n) is 7.26. The van der Waals surface area contributed by atoms with Crippen molar-refractivity contribution in [1.82, 2.24) is 14.8 Å². The number of hydrogen-bond acceptors (Lipinski definition) is 6. The number of rotatable bonds is 6. The van der Waals surface area contributed by atoms with Gasteiger partial charge < -0.3 is 15.4 Å². The van der Waals surface area contributed by atoms with E-state index in [1.165, 1.54) is 0 Å². The van der Waals surface area contributed by atoms with E-state index >= 15 is 0 Å². The number of fused-ring (bicyclic) bond motifs is 1. The maximum Gasteiger partial charge on any atom is 0.255 e. The Morgan fingerprint density at radius 1 is 1.23 bits per heavy atom. The standard InChI is InChI=1S/C23H25N5O2S/c1-5-31-23-26-22-24-15(3)19(21(29)25-17-10-6-8-14(2)12-17)20(28(22)27-23)16-9-7-11-18(13-16)30-4/h6-13,20H,5H2,1-4H3,(H,25,29)(H,24,26,27). The van der Waals surface area contributed by atoms with Crippen LogP contribution in [0, 0.1) is 6.92 Å². The van der Waals surface area contributed by atoms with E-state index < -0.39 is 6.04 Å². The molecule has 7 nitrogen and oxygen atoms in total. The van der Waals surface area contributed by atoms with Crippen molar-refractivity contribution < 1.29 is 9.53 Å². The van der Waals surface area contributed by atoms with Gasteiger partial charge in [-0.05, 0) is 55.0 Å². The molecule has 0 spiro atoms. The van der Waals surface area contributed by atoms with Gasteiger partial charge in [0.15, 0.2) is 0 Å². The lowest BCUT2D eigenvalue weighted by Gasteiger charge is -2.28. The first-order valence-electron chi connectivity index (χ1n) is 10.1. The van der Waals surface area contributed by atoms with E-state index in [4.69, 9.17) is 9.84 Å². The number of methoxy groups -OCH3 is 1. The number of carbonyl (C=O) groups is 1. The Hall–Kier alpha value is -3.26. The van der Waals surface area contributed by atoms with Gasteiger partial charge in [0.1, 0.15) is 11.8 Å². The van der Waals surface area contributed by atoms with Crippen LogP contribution in [-0.4, -0.2) is 33.5 Å². The number of aromatic nitrogens is 3. The fourth-order valence-electron chi connectivity index (χ4n) is 3.66. The molecule has 0 saturated carbocycles. The van der Waals surface area contributed by atoms with Crippen LogP contribution < -0.4 is 15.4 Å². The third kappa shape index (κ3) is 4.29. The Morgan fingerprint density at radius 2 is 2.03 bits per heavy atom. The molecule has 31 heavy (non-hydrogen) atoms. The van der Waals surface area contributed by atoms with Crippen LogP contribution >= 0.6 is 11.8 Å². The fraction of sp³-hybridized carbons (Fsp3) is 0.261. The molecule has 3 aromatic rings. The van der Waals surface area contributed by atoms with Gasteiger partial charge in [-0.25, -0.2) is 4.68 Å². The molecule has 1 unspecified atom stereocenters. The molecule has 1 amide bonds. The molecule has 0 bridgehead atoms. The summed E-state index contributed by atoms with van der Waals surface area (Å²) in [4.78, 5) is 18.1. The number of allylic oxidation sites excluding steroid dienone is 1. The number of nitrogens with one attached hydrogen (secondary N) is 2. The molecule has 8 heteroatoms. The van der Waals surface area contributed by atoms with E-state index in [0.29, 0.717) is 16.7 Å². The zero-order valence-corrected chi connectivity index (χ0v) is 18.8. The van der Waals surface area contributed by atoms with Crippen molar-refractivity contribution in [3.63, 3.8) is 0 Å². The Kier molecular flexibility index (Phi) is 5.99. The molecule has 0 saturated heterocycles. The van der Waals surface area contributed by atoms with Crippen molar-refractivity contribution >= 4 is 29.3 Å². The van der Waals surface area contributed by atoms with Crippen LogP contribution in [0.4, 0.5) is 11.6 Å². The molecule has 1 aliphatic rings. The Balaban J connectivity index is 1.79. The van der Waals surface area contributed by atoms with E-state index in [2.05, 4.69) is 22.5 Å². The van der Waals surface area contributed by atoms with Crippen molar-refractivity contribution in [3.05, 3.63) is 70.9 Å². The van der Waals surface area contributed by atoms with Crippen LogP contribution in [0.15, 0.2) is 65.0 Å². The van der Waals surface area contributed by atoms with Gasteiger partial charge in [-0.1, -0.05) is 43.0 Å². The molecule has 1 atom stereocenters. The van der Waals surface area contributed by atoms with Gasteiger partial charge in [-0.2, -0.15) is 4.98 Å². The first-order chi connectivity index (χ1) is 15.0. The van der Waals surface area contributed by atoms with Crippen LogP contribution in [0.25, 0.3) is 0 Å². The predicted molar refractivity (Wildman–Crippen MR) is 124 cm³/mol. The Morgan fingerprint density at radius 3 is 2.77 bits per heavy atom. The maximum absolute atomic E-state index is 13.5. The van der Waals surface area contributed by atoms with Crippen molar-refractivity contribution in [3.8, 4) is 5.75 Å². The second-order valence-corrected chi connectivity index (χ2v) is 8.49. The lowest BCUT2D eigenvalue weighted by Crippen LogP contribution is -2.31. The average Bonchev–Trinajstić information content (AvgIpc) is 3.14. The minimum absolute atomic E-state index is 0.186. The van der Waals surface area contributed by atoms with Crippen LogP contribution in [0.2, 0.25) is 0 Å². The van der Waals surface area contributed by atoms with Gasteiger partial charge in [0.2, 0.25) is 11.1 Å². The number of nitrogens with zero attached hydrogens (tertiary/aromatic N) is 3. The highest BCUT2D eigenvalue weighted by atomic mass is 32.2. The Bertz CT molecular complexity index is 1150. The molecular formula is C23H25N5O2S. The first kappa shape index (κ1) is 21.0. The highest BCUT2D eigenvalue weighted by Crippen LogP contribution is 2.37. The number of amides is 1. The van der Waals surface area contributed by atoms with E-state index in [0.717, 1.165) is 34.0 Å². The lowest BCUT2D eigenvalue weighted by molar-refractivity contribution is -0.113. The van der Waals surface area contributed by atoms with Crippen LogP contribution in [0.1, 0.15) is 31.0 Å². The number of carbonyl (C=O) groups excluding carboxylic acids is 1. The second kappa shape index (κ2) is 8.85. The molecule has 2 N–H and O–H groups in total. The molecule has 0 radical (unpaired) electrons. The zero-order valence-electron chi connectivity index (χ0n) is 18.0. The average molecular weight is 436 g/mol. The molecule has 4 rings (SSSR count). The number of benzene rings is 2. The van der Waals surface area contributed by atoms with Crippen LogP contribution in [-0.2, 0) is 4.79 Å². The van der Waals surface area contributed by atoms with Crippen molar-refractivity contribution in [2.75, 3.05) is 23.5 Å². The van der Waals surface area contributed by atoms with Gasteiger partial charge in [-0.3, -0.25) is 4.79 Å². The predicted octanol–water partition coefficient (Wildman–Crippen LogP) is 4.63. The van der Waals surface area contributed by atoms with Crippen molar-refractivity contribution in [1.29, 1.82) is 0 Å². The molecule has 1 aliphatic heterocycles. The van der Waals surface area contributed by atoms with Gasteiger partial charge in [0.25, 0.3) is 5.91 Å². The Labute approximate surface area is 185 Å². The SMILES string of the molecule is CCSc1nc2n(n1)C(c1cccc(OC)c1)C(C(=O)Nc1cccc(C)c1)=C(C)N2. The summed E-state index contributed by atoms with van der Waals surface area (Å²) in [6.45, 7) is 5.95. The summed E-state index contributed by atoms with van der Waals surface area (Å²) in [5.74, 6) is 2.01. The quantitative estimate of drug-likeness (QED) is 0.549. The van der Waals surface area contributed by atoms with E-state index in [1.807, 2.05) is 62.4 Å². The third-order valence-electron chi connectivity index (χ3n) is 5.04. The molecular weight excluding hydrogens is 410 g/mol. The largest absolute Gasteiger partial charge is 0.497 e. The third-order valence-corrected chi connectivity index (χ3v) is 5.76. The molecule has 2 heterocycles.